The Labute approximate surface area is 191 Å². The zero-order chi connectivity index (χ0) is 21.6. The van der Waals surface area contributed by atoms with Crippen LogP contribution in [0.3, 0.4) is 0 Å². The number of benzene rings is 1. The molecule has 4 rings (SSSR count). The van der Waals surface area contributed by atoms with E-state index in [1.54, 1.807) is 18.4 Å². The third kappa shape index (κ3) is 6.02. The van der Waals surface area contributed by atoms with Crippen LogP contribution in [0, 0.1) is 5.92 Å². The molecule has 8 heteroatoms. The molecule has 1 aromatic carbocycles. The van der Waals surface area contributed by atoms with E-state index >= 15 is 0 Å². The van der Waals surface area contributed by atoms with E-state index in [0.717, 1.165) is 36.1 Å². The summed E-state index contributed by atoms with van der Waals surface area (Å²) in [7, 11) is 0. The Morgan fingerprint density at radius 1 is 1.23 bits per heavy atom. The second kappa shape index (κ2) is 10.2. The fourth-order valence-corrected chi connectivity index (χ4v) is 4.51. The molecule has 6 nitrogen and oxygen atoms in total. The lowest BCUT2D eigenvalue weighted by atomic mass is 9.99. The smallest absolute Gasteiger partial charge is 0.251 e. The normalized spacial score (nSPS) is 14.6. The number of nitrogens with one attached hydrogen (secondary N) is 1. The lowest BCUT2D eigenvalue weighted by molar-refractivity contribution is 0.0948. The summed E-state index contributed by atoms with van der Waals surface area (Å²) in [5, 5.41) is 3.97. The Bertz CT molecular complexity index is 1020. The summed E-state index contributed by atoms with van der Waals surface area (Å²) in [6, 6.07) is 13.0. The van der Waals surface area contributed by atoms with E-state index in [9.17, 15) is 4.79 Å². The van der Waals surface area contributed by atoms with Gasteiger partial charge < -0.3 is 14.6 Å². The number of anilines is 1. The lowest BCUT2D eigenvalue weighted by Crippen LogP contribution is -2.33. The molecule has 0 saturated carbocycles. The highest BCUT2D eigenvalue weighted by molar-refractivity contribution is 7.98. The number of halogens is 1. The van der Waals surface area contributed by atoms with E-state index in [-0.39, 0.29) is 5.91 Å². The number of carbonyl (C=O) groups excluding carboxylic acids is 1. The van der Waals surface area contributed by atoms with Crippen molar-refractivity contribution in [3.63, 3.8) is 0 Å². The third-order valence-corrected chi connectivity index (χ3v) is 6.44. The summed E-state index contributed by atoms with van der Waals surface area (Å²) < 4.78 is 5.25. The molecule has 2 aromatic heterocycles. The molecule has 3 heterocycles. The largest absolute Gasteiger partial charge is 0.467 e. The Balaban J connectivity index is 1.37. The van der Waals surface area contributed by atoms with Crippen LogP contribution in [0.25, 0.3) is 0 Å². The first-order valence-electron chi connectivity index (χ1n) is 10.4. The average molecular weight is 457 g/mol. The predicted octanol–water partition coefficient (Wildman–Crippen LogP) is 5.18. The van der Waals surface area contributed by atoms with Crippen LogP contribution < -0.4 is 10.2 Å². The van der Waals surface area contributed by atoms with Gasteiger partial charge in [-0.25, -0.2) is 9.97 Å². The van der Waals surface area contributed by atoms with Crippen molar-refractivity contribution in [3.05, 3.63) is 70.8 Å². The highest BCUT2D eigenvalue weighted by atomic mass is 35.5. The number of hydrogen-bond acceptors (Lipinski definition) is 6. The number of nitrogens with zero attached hydrogens (tertiary/aromatic N) is 3. The third-order valence-electron chi connectivity index (χ3n) is 5.33. The molecule has 3 aromatic rings. The van der Waals surface area contributed by atoms with Gasteiger partial charge in [0.25, 0.3) is 5.91 Å². The summed E-state index contributed by atoms with van der Waals surface area (Å²) in [5.41, 5.74) is 1.63. The molecular weight excluding hydrogens is 432 g/mol. The molecule has 162 valence electrons. The number of thioether (sulfide) groups is 1. The molecule has 1 N–H and O–H groups in total. The van der Waals surface area contributed by atoms with Crippen LogP contribution in [0.4, 0.5) is 5.82 Å². The van der Waals surface area contributed by atoms with Crippen molar-refractivity contribution in [2.45, 2.75) is 37.2 Å². The first-order chi connectivity index (χ1) is 15.1. The Kier molecular flexibility index (Phi) is 7.14. The zero-order valence-electron chi connectivity index (χ0n) is 17.4. The fourth-order valence-electron chi connectivity index (χ4n) is 3.48. The minimum absolute atomic E-state index is 0.135. The fraction of sp³-hybridized carbons (Fsp3) is 0.348. The van der Waals surface area contributed by atoms with Crippen molar-refractivity contribution >= 4 is 35.1 Å². The number of rotatable bonds is 7. The minimum atomic E-state index is -0.135. The van der Waals surface area contributed by atoms with Gasteiger partial charge in [0, 0.05) is 30.5 Å². The number of hydrogen-bond donors (Lipinski definition) is 1. The molecule has 1 saturated heterocycles. The van der Waals surface area contributed by atoms with Crippen LogP contribution >= 0.6 is 23.4 Å². The van der Waals surface area contributed by atoms with Crippen molar-refractivity contribution < 1.29 is 9.21 Å². The van der Waals surface area contributed by atoms with E-state index in [0.29, 0.717) is 28.2 Å². The van der Waals surface area contributed by atoms with Gasteiger partial charge in [-0.15, -0.1) is 0 Å². The standard InChI is InChI=1S/C23H25ClN4O2S/c1-16-7-9-28(10-8-16)21-13-20(24)26-23(27-21)31-15-17-4-2-5-18(12-17)22(29)25-14-19-6-3-11-30-19/h2-6,11-13,16H,7-10,14-15H2,1H3,(H,25,29). The molecule has 1 aliphatic heterocycles. The van der Waals surface area contributed by atoms with E-state index in [4.69, 9.17) is 21.0 Å². The van der Waals surface area contributed by atoms with Crippen LogP contribution in [-0.2, 0) is 12.3 Å². The van der Waals surface area contributed by atoms with Crippen LogP contribution in [0.1, 0.15) is 41.4 Å². The molecule has 1 aliphatic rings. The van der Waals surface area contributed by atoms with Crippen molar-refractivity contribution in [2.75, 3.05) is 18.0 Å². The molecule has 0 radical (unpaired) electrons. The molecule has 0 bridgehead atoms. The highest BCUT2D eigenvalue weighted by Crippen LogP contribution is 2.27. The SMILES string of the molecule is CC1CCN(c2cc(Cl)nc(SCc3cccc(C(=O)NCc4ccco4)c3)n2)CC1. The predicted molar refractivity (Wildman–Crippen MR) is 124 cm³/mol. The highest BCUT2D eigenvalue weighted by Gasteiger charge is 2.18. The summed E-state index contributed by atoms with van der Waals surface area (Å²) in [6.45, 7) is 4.64. The second-order valence-corrected chi connectivity index (χ2v) is 9.08. The Morgan fingerprint density at radius 2 is 2.06 bits per heavy atom. The quantitative estimate of drug-likeness (QED) is 0.300. The second-order valence-electron chi connectivity index (χ2n) is 7.75. The van der Waals surface area contributed by atoms with E-state index in [2.05, 4.69) is 22.1 Å². The van der Waals surface area contributed by atoms with Gasteiger partial charge in [-0.1, -0.05) is 42.4 Å². The number of carbonyl (C=O) groups is 1. The molecule has 31 heavy (non-hydrogen) atoms. The van der Waals surface area contributed by atoms with Gasteiger partial charge in [-0.3, -0.25) is 4.79 Å². The van der Waals surface area contributed by atoms with Gasteiger partial charge in [-0.05, 0) is 48.6 Å². The van der Waals surface area contributed by atoms with Crippen molar-refractivity contribution in [3.8, 4) is 0 Å². The van der Waals surface area contributed by atoms with Crippen molar-refractivity contribution in [1.29, 1.82) is 0 Å². The van der Waals surface area contributed by atoms with Crippen molar-refractivity contribution in [1.82, 2.24) is 15.3 Å². The van der Waals surface area contributed by atoms with E-state index in [1.807, 2.05) is 30.3 Å². The lowest BCUT2D eigenvalue weighted by Gasteiger charge is -2.31. The van der Waals surface area contributed by atoms with Crippen LogP contribution in [0.5, 0.6) is 0 Å². The maximum absolute atomic E-state index is 12.4. The Hall–Kier alpha value is -2.51. The van der Waals surface area contributed by atoms with Gasteiger partial charge in [-0.2, -0.15) is 0 Å². The van der Waals surface area contributed by atoms with Crippen LogP contribution in [-0.4, -0.2) is 29.0 Å². The molecule has 0 spiro atoms. The number of aromatic nitrogens is 2. The van der Waals surface area contributed by atoms with E-state index in [1.165, 1.54) is 24.6 Å². The maximum Gasteiger partial charge on any atom is 0.251 e. The number of furan rings is 1. The van der Waals surface area contributed by atoms with E-state index < -0.39 is 0 Å². The molecule has 1 fully saturated rings. The van der Waals surface area contributed by atoms with Gasteiger partial charge in [0.1, 0.15) is 16.7 Å². The first kappa shape index (κ1) is 21.7. The van der Waals surface area contributed by atoms with Crippen LogP contribution in [0.15, 0.2) is 58.3 Å². The number of piperidine rings is 1. The summed E-state index contributed by atoms with van der Waals surface area (Å²) in [6.07, 6.45) is 3.92. The molecular formula is C23H25ClN4O2S. The molecule has 0 unspecified atom stereocenters. The first-order valence-corrected chi connectivity index (χ1v) is 11.7. The summed E-state index contributed by atoms with van der Waals surface area (Å²) in [5.74, 6) is 2.88. The summed E-state index contributed by atoms with van der Waals surface area (Å²) in [4.78, 5) is 23.8. The maximum atomic E-state index is 12.4. The Morgan fingerprint density at radius 3 is 2.84 bits per heavy atom. The summed E-state index contributed by atoms with van der Waals surface area (Å²) >= 11 is 7.79. The topological polar surface area (TPSA) is 71.3 Å². The average Bonchev–Trinajstić information content (AvgIpc) is 3.30. The van der Waals surface area contributed by atoms with Crippen LogP contribution in [0.2, 0.25) is 5.15 Å². The molecule has 0 aliphatic carbocycles. The van der Waals surface area contributed by atoms with Gasteiger partial charge in [0.05, 0.1) is 12.8 Å². The minimum Gasteiger partial charge on any atom is -0.467 e. The monoisotopic (exact) mass is 456 g/mol. The molecule has 1 amide bonds. The van der Waals surface area contributed by atoms with Crippen molar-refractivity contribution in [2.24, 2.45) is 5.92 Å². The number of amides is 1. The molecule has 0 atom stereocenters. The van der Waals surface area contributed by atoms with Gasteiger partial charge in [0.15, 0.2) is 5.16 Å². The van der Waals surface area contributed by atoms with Gasteiger partial charge >= 0.3 is 0 Å². The zero-order valence-corrected chi connectivity index (χ0v) is 19.0. The van der Waals surface area contributed by atoms with Gasteiger partial charge in [0.2, 0.25) is 0 Å².